The van der Waals surface area contributed by atoms with E-state index in [0.29, 0.717) is 11.3 Å². The van der Waals surface area contributed by atoms with Crippen molar-refractivity contribution in [1.29, 1.82) is 0 Å². The minimum Gasteiger partial charge on any atom is -0.508 e. The molecule has 0 spiro atoms. The summed E-state index contributed by atoms with van der Waals surface area (Å²) in [5, 5.41) is 11.6. The van der Waals surface area contributed by atoms with Crippen molar-refractivity contribution in [2.75, 3.05) is 11.9 Å². The van der Waals surface area contributed by atoms with E-state index in [1.807, 2.05) is 31.2 Å². The lowest BCUT2D eigenvalue weighted by molar-refractivity contribution is -0.127. The summed E-state index contributed by atoms with van der Waals surface area (Å²) in [4.78, 5) is 38.1. The maximum absolute atomic E-state index is 12.5. The summed E-state index contributed by atoms with van der Waals surface area (Å²) in [6.07, 6.45) is 1.65. The van der Waals surface area contributed by atoms with E-state index in [2.05, 4.69) is 5.32 Å². The van der Waals surface area contributed by atoms with Crippen LogP contribution in [0.2, 0.25) is 0 Å². The first-order chi connectivity index (χ1) is 12.8. The first-order valence-electron chi connectivity index (χ1n) is 8.25. The van der Waals surface area contributed by atoms with Gasteiger partial charge in [0.1, 0.15) is 12.3 Å². The van der Waals surface area contributed by atoms with Crippen LogP contribution in [0.25, 0.3) is 6.08 Å². The van der Waals surface area contributed by atoms with Crippen molar-refractivity contribution in [1.82, 2.24) is 4.90 Å². The third-order valence-electron chi connectivity index (χ3n) is 4.03. The van der Waals surface area contributed by atoms with Crippen molar-refractivity contribution >= 4 is 40.6 Å². The molecule has 1 aliphatic heterocycles. The second-order valence-corrected chi connectivity index (χ2v) is 7.22. The van der Waals surface area contributed by atoms with Gasteiger partial charge in [0.15, 0.2) is 0 Å². The normalized spacial score (nSPS) is 15.5. The predicted octanol–water partition coefficient (Wildman–Crippen LogP) is 3.68. The Morgan fingerprint density at radius 3 is 2.52 bits per heavy atom. The number of phenols is 1. The molecule has 2 aromatic carbocycles. The molecule has 7 heteroatoms. The number of thioether (sulfide) groups is 1. The third kappa shape index (κ3) is 4.38. The molecule has 0 aromatic heterocycles. The number of carbonyl (C=O) groups is 3. The van der Waals surface area contributed by atoms with Crippen molar-refractivity contribution in [3.05, 3.63) is 64.1 Å². The van der Waals surface area contributed by atoms with Gasteiger partial charge in [-0.2, -0.15) is 0 Å². The summed E-state index contributed by atoms with van der Waals surface area (Å²) in [6, 6.07) is 12.1. The van der Waals surface area contributed by atoms with Crippen LogP contribution in [0.5, 0.6) is 5.75 Å². The highest BCUT2D eigenvalue weighted by atomic mass is 32.2. The van der Waals surface area contributed by atoms with E-state index >= 15 is 0 Å². The highest BCUT2D eigenvalue weighted by Crippen LogP contribution is 2.32. The van der Waals surface area contributed by atoms with Crippen LogP contribution in [0.4, 0.5) is 10.5 Å². The molecule has 0 bridgehead atoms. The standard InChI is InChI=1S/C20H18N2O4S/c1-12-3-5-14(6-4-12)10-17-19(25)22(20(26)27-17)11-18(24)21-16-8-7-15(23)9-13(16)2/h3-10,23H,11H2,1-2H3,(H,21,24)/b17-10-. The number of aromatic hydroxyl groups is 1. The summed E-state index contributed by atoms with van der Waals surface area (Å²) in [5.41, 5.74) is 3.11. The highest BCUT2D eigenvalue weighted by molar-refractivity contribution is 8.18. The minimum atomic E-state index is -0.484. The lowest BCUT2D eigenvalue weighted by atomic mass is 10.1. The number of nitrogens with zero attached hydrogens (tertiary/aromatic N) is 1. The molecule has 1 aliphatic rings. The fourth-order valence-corrected chi connectivity index (χ4v) is 3.41. The molecule has 138 valence electrons. The number of rotatable bonds is 4. The second-order valence-electron chi connectivity index (χ2n) is 6.23. The van der Waals surface area contributed by atoms with Gasteiger partial charge < -0.3 is 10.4 Å². The number of nitrogens with one attached hydrogen (secondary N) is 1. The topological polar surface area (TPSA) is 86.7 Å². The Labute approximate surface area is 160 Å². The van der Waals surface area contributed by atoms with Gasteiger partial charge in [-0.1, -0.05) is 29.8 Å². The molecular formula is C20H18N2O4S. The zero-order chi connectivity index (χ0) is 19.6. The van der Waals surface area contributed by atoms with Crippen molar-refractivity contribution in [3.63, 3.8) is 0 Å². The van der Waals surface area contributed by atoms with E-state index < -0.39 is 17.1 Å². The zero-order valence-electron chi connectivity index (χ0n) is 14.9. The van der Waals surface area contributed by atoms with Crippen molar-refractivity contribution in [2.24, 2.45) is 0 Å². The van der Waals surface area contributed by atoms with Gasteiger partial charge in [0, 0.05) is 5.69 Å². The fourth-order valence-electron chi connectivity index (χ4n) is 2.57. The lowest BCUT2D eigenvalue weighted by Gasteiger charge is -2.13. The SMILES string of the molecule is Cc1ccc(/C=C2\SC(=O)N(CC(=O)Nc3ccc(O)cc3C)C2=O)cc1. The average Bonchev–Trinajstić information content (AvgIpc) is 2.87. The van der Waals surface area contributed by atoms with E-state index in [4.69, 9.17) is 0 Å². The first kappa shape index (κ1) is 18.7. The number of hydrogen-bond donors (Lipinski definition) is 2. The number of carbonyl (C=O) groups excluding carboxylic acids is 3. The van der Waals surface area contributed by atoms with Crippen LogP contribution < -0.4 is 5.32 Å². The van der Waals surface area contributed by atoms with Crippen LogP contribution in [-0.4, -0.2) is 33.6 Å². The Morgan fingerprint density at radius 1 is 1.15 bits per heavy atom. The Kier molecular flexibility index (Phi) is 5.32. The van der Waals surface area contributed by atoms with Crippen LogP contribution in [0.3, 0.4) is 0 Å². The molecule has 2 aromatic rings. The van der Waals surface area contributed by atoms with Crippen LogP contribution in [-0.2, 0) is 9.59 Å². The molecular weight excluding hydrogens is 364 g/mol. The van der Waals surface area contributed by atoms with Gasteiger partial charge in [0.2, 0.25) is 5.91 Å². The number of aryl methyl sites for hydroxylation is 2. The van der Waals surface area contributed by atoms with Crippen molar-refractivity contribution in [3.8, 4) is 5.75 Å². The van der Waals surface area contributed by atoms with E-state index in [0.717, 1.165) is 27.8 Å². The Morgan fingerprint density at radius 2 is 1.85 bits per heavy atom. The maximum atomic E-state index is 12.5. The van der Waals surface area contributed by atoms with Crippen LogP contribution in [0, 0.1) is 13.8 Å². The van der Waals surface area contributed by atoms with Gasteiger partial charge in [0.05, 0.1) is 4.91 Å². The summed E-state index contributed by atoms with van der Waals surface area (Å²) in [7, 11) is 0. The van der Waals surface area contributed by atoms with Gasteiger partial charge in [-0.25, -0.2) is 0 Å². The van der Waals surface area contributed by atoms with E-state index in [1.165, 1.54) is 12.1 Å². The second kappa shape index (κ2) is 7.67. The smallest absolute Gasteiger partial charge is 0.294 e. The minimum absolute atomic E-state index is 0.0951. The number of imide groups is 1. The molecule has 1 fully saturated rings. The van der Waals surface area contributed by atoms with Crippen molar-refractivity contribution in [2.45, 2.75) is 13.8 Å². The van der Waals surface area contributed by atoms with Gasteiger partial charge >= 0.3 is 0 Å². The molecule has 1 heterocycles. The predicted molar refractivity (Wildman–Crippen MR) is 105 cm³/mol. The lowest BCUT2D eigenvalue weighted by Crippen LogP contribution is -2.36. The summed E-state index contributed by atoms with van der Waals surface area (Å²) in [5.74, 6) is -0.872. The molecule has 0 radical (unpaired) electrons. The Hall–Kier alpha value is -3.06. The Bertz CT molecular complexity index is 951. The number of phenolic OH excluding ortho intramolecular Hbond substituents is 1. The molecule has 0 aliphatic carbocycles. The molecule has 2 N–H and O–H groups in total. The largest absolute Gasteiger partial charge is 0.508 e. The molecule has 3 amide bonds. The molecule has 1 saturated heterocycles. The fraction of sp³-hybridized carbons (Fsp3) is 0.150. The van der Waals surface area contributed by atoms with Gasteiger partial charge in [0.25, 0.3) is 11.1 Å². The zero-order valence-corrected chi connectivity index (χ0v) is 15.7. The summed E-state index contributed by atoms with van der Waals surface area (Å²) < 4.78 is 0. The maximum Gasteiger partial charge on any atom is 0.294 e. The van der Waals surface area contributed by atoms with Gasteiger partial charge in [-0.3, -0.25) is 19.3 Å². The Balaban J connectivity index is 1.69. The average molecular weight is 382 g/mol. The third-order valence-corrected chi connectivity index (χ3v) is 4.94. The number of hydrogen-bond acceptors (Lipinski definition) is 5. The van der Waals surface area contributed by atoms with Crippen LogP contribution in [0.15, 0.2) is 47.4 Å². The molecule has 3 rings (SSSR count). The summed E-state index contributed by atoms with van der Waals surface area (Å²) in [6.45, 7) is 3.34. The highest BCUT2D eigenvalue weighted by Gasteiger charge is 2.36. The van der Waals surface area contributed by atoms with Crippen LogP contribution >= 0.6 is 11.8 Å². The van der Waals surface area contributed by atoms with Crippen LogP contribution in [0.1, 0.15) is 16.7 Å². The summed E-state index contributed by atoms with van der Waals surface area (Å²) >= 11 is 0.820. The number of benzene rings is 2. The van der Waals surface area contributed by atoms with Crippen molar-refractivity contribution < 1.29 is 19.5 Å². The molecule has 27 heavy (non-hydrogen) atoms. The monoisotopic (exact) mass is 382 g/mol. The van der Waals surface area contributed by atoms with E-state index in [9.17, 15) is 19.5 Å². The molecule has 0 saturated carbocycles. The van der Waals surface area contributed by atoms with Gasteiger partial charge in [-0.15, -0.1) is 0 Å². The molecule has 0 atom stereocenters. The van der Waals surface area contributed by atoms with E-state index in [1.54, 1.807) is 19.1 Å². The van der Waals surface area contributed by atoms with E-state index in [-0.39, 0.29) is 17.2 Å². The quantitative estimate of drug-likeness (QED) is 0.622. The number of anilines is 1. The first-order valence-corrected chi connectivity index (χ1v) is 9.06. The molecule has 0 unspecified atom stereocenters. The molecule has 6 nitrogen and oxygen atoms in total. The van der Waals surface area contributed by atoms with Gasteiger partial charge in [-0.05, 0) is 61.0 Å². The number of amides is 3.